The van der Waals surface area contributed by atoms with Crippen molar-refractivity contribution in [3.05, 3.63) is 0 Å². The molecule has 2 rings (SSSR count). The predicted molar refractivity (Wildman–Crippen MR) is 62.8 cm³/mol. The Morgan fingerprint density at radius 2 is 2.00 bits per heavy atom. The first-order valence-electron chi connectivity index (χ1n) is 6.59. The van der Waals surface area contributed by atoms with Crippen LogP contribution in [0.1, 0.15) is 46.0 Å². The van der Waals surface area contributed by atoms with E-state index in [1.54, 1.807) is 0 Å². The summed E-state index contributed by atoms with van der Waals surface area (Å²) in [4.78, 5) is 2.63. The molecule has 1 saturated carbocycles. The molecule has 0 bridgehead atoms. The smallest absolute Gasteiger partial charge is 0.0555 e. The highest BCUT2D eigenvalue weighted by Crippen LogP contribution is 2.30. The van der Waals surface area contributed by atoms with Gasteiger partial charge < -0.3 is 5.11 Å². The highest BCUT2D eigenvalue weighted by molar-refractivity contribution is 4.86. The Labute approximate surface area is 93.7 Å². The van der Waals surface area contributed by atoms with Crippen molar-refractivity contribution in [3.8, 4) is 0 Å². The number of aliphatic hydroxyl groups excluding tert-OH is 1. The zero-order valence-electron chi connectivity index (χ0n) is 10.2. The lowest BCUT2D eigenvalue weighted by atomic mass is 9.91. The average Bonchev–Trinajstić information content (AvgIpc) is 2.66. The monoisotopic (exact) mass is 211 g/mol. The summed E-state index contributed by atoms with van der Waals surface area (Å²) in [6, 6.07) is 0.678. The van der Waals surface area contributed by atoms with E-state index in [9.17, 15) is 5.11 Å². The van der Waals surface area contributed by atoms with Crippen LogP contribution in [0.15, 0.2) is 0 Å². The molecule has 1 saturated heterocycles. The van der Waals surface area contributed by atoms with E-state index in [2.05, 4.69) is 18.7 Å². The van der Waals surface area contributed by atoms with Crippen molar-refractivity contribution in [1.29, 1.82) is 0 Å². The molecule has 2 aliphatic rings. The van der Waals surface area contributed by atoms with Crippen LogP contribution in [0.3, 0.4) is 0 Å². The number of hydrogen-bond acceptors (Lipinski definition) is 2. The molecule has 15 heavy (non-hydrogen) atoms. The maximum Gasteiger partial charge on any atom is 0.0555 e. The lowest BCUT2D eigenvalue weighted by Crippen LogP contribution is -2.39. The number of nitrogens with zero attached hydrogens (tertiary/aromatic N) is 1. The van der Waals surface area contributed by atoms with Crippen molar-refractivity contribution in [1.82, 2.24) is 4.90 Å². The highest BCUT2D eigenvalue weighted by atomic mass is 16.3. The lowest BCUT2D eigenvalue weighted by molar-refractivity contribution is 0.0697. The summed E-state index contributed by atoms with van der Waals surface area (Å²) >= 11 is 0. The predicted octanol–water partition coefficient (Wildman–Crippen LogP) is 2.27. The largest absolute Gasteiger partial charge is 0.393 e. The SMILES string of the molecule is CC(C)C1CCN(C2CCCC(O)C2)C1. The maximum atomic E-state index is 9.69. The van der Waals surface area contributed by atoms with E-state index in [4.69, 9.17) is 0 Å². The molecule has 88 valence electrons. The zero-order valence-corrected chi connectivity index (χ0v) is 10.2. The Balaban J connectivity index is 1.84. The second kappa shape index (κ2) is 4.84. The first-order valence-corrected chi connectivity index (χ1v) is 6.59. The van der Waals surface area contributed by atoms with Crippen molar-refractivity contribution in [2.45, 2.75) is 58.1 Å². The quantitative estimate of drug-likeness (QED) is 0.757. The van der Waals surface area contributed by atoms with Crippen molar-refractivity contribution < 1.29 is 5.11 Å². The summed E-state index contributed by atoms with van der Waals surface area (Å²) in [5.41, 5.74) is 0. The Bertz CT molecular complexity index is 205. The van der Waals surface area contributed by atoms with Gasteiger partial charge in [0.2, 0.25) is 0 Å². The minimum Gasteiger partial charge on any atom is -0.393 e. The van der Waals surface area contributed by atoms with Gasteiger partial charge in [-0.1, -0.05) is 13.8 Å². The van der Waals surface area contributed by atoms with Crippen molar-refractivity contribution in [2.75, 3.05) is 13.1 Å². The minimum atomic E-state index is -0.0261. The molecule has 1 heterocycles. The summed E-state index contributed by atoms with van der Waals surface area (Å²) in [6.07, 6.45) is 5.91. The van der Waals surface area contributed by atoms with E-state index in [1.165, 1.54) is 32.4 Å². The van der Waals surface area contributed by atoms with E-state index in [0.29, 0.717) is 6.04 Å². The highest BCUT2D eigenvalue weighted by Gasteiger charge is 2.32. The van der Waals surface area contributed by atoms with Gasteiger partial charge in [-0.2, -0.15) is 0 Å². The molecule has 0 radical (unpaired) electrons. The van der Waals surface area contributed by atoms with Gasteiger partial charge in [0.25, 0.3) is 0 Å². The summed E-state index contributed by atoms with van der Waals surface area (Å²) < 4.78 is 0. The summed E-state index contributed by atoms with van der Waals surface area (Å²) in [6.45, 7) is 7.21. The maximum absolute atomic E-state index is 9.69. The molecule has 2 nitrogen and oxygen atoms in total. The van der Waals surface area contributed by atoms with E-state index in [0.717, 1.165) is 24.7 Å². The standard InChI is InChI=1S/C13H25NO/c1-10(2)11-6-7-14(9-11)12-4-3-5-13(15)8-12/h10-13,15H,3-9H2,1-2H3. The third-order valence-corrected chi connectivity index (χ3v) is 4.33. The molecule has 0 spiro atoms. The molecule has 1 aliphatic carbocycles. The van der Waals surface area contributed by atoms with Crippen LogP contribution in [0.5, 0.6) is 0 Å². The molecule has 0 aromatic rings. The Morgan fingerprint density at radius 1 is 1.20 bits per heavy atom. The molecular weight excluding hydrogens is 186 g/mol. The van der Waals surface area contributed by atoms with E-state index < -0.39 is 0 Å². The van der Waals surface area contributed by atoms with Crippen molar-refractivity contribution >= 4 is 0 Å². The molecule has 2 heteroatoms. The first kappa shape index (κ1) is 11.4. The normalized spacial score (nSPS) is 38.8. The van der Waals surface area contributed by atoms with E-state index >= 15 is 0 Å². The van der Waals surface area contributed by atoms with E-state index in [-0.39, 0.29) is 6.10 Å². The third-order valence-electron chi connectivity index (χ3n) is 4.33. The molecule has 1 N–H and O–H groups in total. The van der Waals surface area contributed by atoms with Gasteiger partial charge >= 0.3 is 0 Å². The second-order valence-electron chi connectivity index (χ2n) is 5.76. The number of hydrogen-bond donors (Lipinski definition) is 1. The van der Waals surface area contributed by atoms with Crippen LogP contribution < -0.4 is 0 Å². The van der Waals surface area contributed by atoms with Gasteiger partial charge in [-0.15, -0.1) is 0 Å². The third kappa shape index (κ3) is 2.73. The van der Waals surface area contributed by atoms with Gasteiger partial charge in [-0.3, -0.25) is 4.90 Å². The van der Waals surface area contributed by atoms with Crippen molar-refractivity contribution in [2.24, 2.45) is 11.8 Å². The first-order chi connectivity index (χ1) is 7.16. The number of aliphatic hydroxyl groups is 1. The summed E-state index contributed by atoms with van der Waals surface area (Å²) in [7, 11) is 0. The van der Waals surface area contributed by atoms with Crippen molar-refractivity contribution in [3.63, 3.8) is 0 Å². The van der Waals surface area contributed by atoms with Gasteiger partial charge in [-0.25, -0.2) is 0 Å². The fourth-order valence-corrected chi connectivity index (χ4v) is 3.16. The molecule has 0 amide bonds. The van der Waals surface area contributed by atoms with Crippen LogP contribution in [0.25, 0.3) is 0 Å². The van der Waals surface area contributed by atoms with Gasteiger partial charge in [0.1, 0.15) is 0 Å². The van der Waals surface area contributed by atoms with Crippen LogP contribution >= 0.6 is 0 Å². The topological polar surface area (TPSA) is 23.5 Å². The van der Waals surface area contributed by atoms with Gasteiger partial charge in [0.15, 0.2) is 0 Å². The fraction of sp³-hybridized carbons (Fsp3) is 1.00. The number of likely N-dealkylation sites (tertiary alicyclic amines) is 1. The Kier molecular flexibility index (Phi) is 3.68. The minimum absolute atomic E-state index is 0.0261. The molecule has 0 aromatic carbocycles. The van der Waals surface area contributed by atoms with E-state index in [1.807, 2.05) is 0 Å². The lowest BCUT2D eigenvalue weighted by Gasteiger charge is -2.33. The molecule has 0 aromatic heterocycles. The Hall–Kier alpha value is -0.0800. The molecule has 3 unspecified atom stereocenters. The number of rotatable bonds is 2. The summed E-state index contributed by atoms with van der Waals surface area (Å²) in [5, 5.41) is 9.69. The molecule has 1 aliphatic heterocycles. The molecular formula is C13H25NO. The van der Waals surface area contributed by atoms with Gasteiger partial charge in [0.05, 0.1) is 6.10 Å². The van der Waals surface area contributed by atoms with Crippen LogP contribution in [0, 0.1) is 11.8 Å². The zero-order chi connectivity index (χ0) is 10.8. The fourth-order valence-electron chi connectivity index (χ4n) is 3.16. The van der Waals surface area contributed by atoms with Crippen LogP contribution in [0.4, 0.5) is 0 Å². The molecule has 3 atom stereocenters. The van der Waals surface area contributed by atoms with Gasteiger partial charge in [0, 0.05) is 12.6 Å². The second-order valence-corrected chi connectivity index (χ2v) is 5.76. The Morgan fingerprint density at radius 3 is 2.60 bits per heavy atom. The molecule has 2 fully saturated rings. The average molecular weight is 211 g/mol. The van der Waals surface area contributed by atoms with Crippen LogP contribution in [0.2, 0.25) is 0 Å². The summed E-state index contributed by atoms with van der Waals surface area (Å²) in [5.74, 6) is 1.72. The van der Waals surface area contributed by atoms with Crippen LogP contribution in [-0.4, -0.2) is 35.2 Å². The van der Waals surface area contributed by atoms with Crippen LogP contribution in [-0.2, 0) is 0 Å². The van der Waals surface area contributed by atoms with Gasteiger partial charge in [-0.05, 0) is 50.5 Å².